The van der Waals surface area contributed by atoms with Crippen molar-refractivity contribution in [2.75, 3.05) is 36.1 Å². The van der Waals surface area contributed by atoms with Crippen LogP contribution in [-0.2, 0) is 0 Å². The Morgan fingerprint density at radius 1 is 0.621 bits per heavy atom. The highest BCUT2D eigenvalue weighted by atomic mass is 16.5. The average molecular weight is 398 g/mol. The van der Waals surface area contributed by atoms with Crippen molar-refractivity contribution in [2.45, 2.75) is 6.42 Å². The van der Waals surface area contributed by atoms with Gasteiger partial charge in [0.25, 0.3) is 0 Å². The SMILES string of the molecule is Nc1ccc(OCCCOc2ccc(N)cc2N)c(N)c1.Oc1cccc(O)c1. The predicted molar refractivity (Wildman–Crippen MR) is 116 cm³/mol. The molecule has 0 saturated carbocycles. The summed E-state index contributed by atoms with van der Waals surface area (Å²) in [6.45, 7) is 0.978. The number of phenolic OH excluding ortho intramolecular Hbond substituents is 2. The first-order valence-electron chi connectivity index (χ1n) is 8.88. The van der Waals surface area contributed by atoms with Crippen molar-refractivity contribution in [3.8, 4) is 23.0 Å². The number of nitrogens with two attached hydrogens (primary N) is 4. The van der Waals surface area contributed by atoms with Crippen LogP contribution < -0.4 is 32.4 Å². The molecule has 0 spiro atoms. The van der Waals surface area contributed by atoms with E-state index in [1.807, 2.05) is 0 Å². The number of nitrogen functional groups attached to an aromatic ring is 4. The fraction of sp³-hybridized carbons (Fsp3) is 0.143. The third-order valence-corrected chi connectivity index (χ3v) is 3.70. The molecule has 29 heavy (non-hydrogen) atoms. The van der Waals surface area contributed by atoms with Gasteiger partial charge in [0.1, 0.15) is 23.0 Å². The molecule has 0 aliphatic carbocycles. The number of anilines is 4. The van der Waals surface area contributed by atoms with Gasteiger partial charge in [0.15, 0.2) is 0 Å². The van der Waals surface area contributed by atoms with Crippen molar-refractivity contribution >= 4 is 22.7 Å². The molecule has 0 aliphatic rings. The van der Waals surface area contributed by atoms with Crippen molar-refractivity contribution < 1.29 is 19.7 Å². The van der Waals surface area contributed by atoms with E-state index in [0.29, 0.717) is 53.9 Å². The lowest BCUT2D eigenvalue weighted by Crippen LogP contribution is -2.07. The van der Waals surface area contributed by atoms with Gasteiger partial charge in [-0.1, -0.05) is 6.07 Å². The molecule has 0 atom stereocenters. The highest BCUT2D eigenvalue weighted by Gasteiger charge is 2.02. The molecule has 0 aromatic heterocycles. The van der Waals surface area contributed by atoms with Crippen molar-refractivity contribution in [1.29, 1.82) is 0 Å². The van der Waals surface area contributed by atoms with Gasteiger partial charge in [-0.2, -0.15) is 0 Å². The molecule has 8 heteroatoms. The molecule has 0 amide bonds. The molecule has 8 nitrogen and oxygen atoms in total. The number of benzene rings is 3. The first kappa shape index (κ1) is 21.4. The van der Waals surface area contributed by atoms with E-state index in [-0.39, 0.29) is 11.5 Å². The molecule has 10 N–H and O–H groups in total. The largest absolute Gasteiger partial charge is 0.508 e. The van der Waals surface area contributed by atoms with Gasteiger partial charge in [0, 0.05) is 23.9 Å². The molecule has 0 bridgehead atoms. The van der Waals surface area contributed by atoms with E-state index in [2.05, 4.69) is 0 Å². The monoisotopic (exact) mass is 398 g/mol. The number of ether oxygens (including phenoxy) is 2. The lowest BCUT2D eigenvalue weighted by Gasteiger charge is -2.11. The molecule has 0 aliphatic heterocycles. The fourth-order valence-electron chi connectivity index (χ4n) is 2.31. The molecule has 3 aromatic rings. The minimum absolute atomic E-state index is 0.0880. The lowest BCUT2D eigenvalue weighted by atomic mass is 10.2. The van der Waals surface area contributed by atoms with Gasteiger partial charge in [0.05, 0.1) is 24.6 Å². The fourth-order valence-corrected chi connectivity index (χ4v) is 2.31. The van der Waals surface area contributed by atoms with Gasteiger partial charge in [-0.25, -0.2) is 0 Å². The Bertz CT molecular complexity index is 864. The molecule has 154 valence electrons. The van der Waals surface area contributed by atoms with Gasteiger partial charge >= 0.3 is 0 Å². The van der Waals surface area contributed by atoms with Crippen LogP contribution in [0, 0.1) is 0 Å². The minimum Gasteiger partial charge on any atom is -0.508 e. The molecule has 3 aromatic carbocycles. The molecule has 0 heterocycles. The molecule has 3 rings (SSSR count). The zero-order valence-electron chi connectivity index (χ0n) is 15.9. The number of hydrogen-bond acceptors (Lipinski definition) is 8. The van der Waals surface area contributed by atoms with Crippen LogP contribution in [0.5, 0.6) is 23.0 Å². The molecule has 0 radical (unpaired) electrons. The Balaban J connectivity index is 0.000000313. The number of aromatic hydroxyl groups is 2. The highest BCUT2D eigenvalue weighted by molar-refractivity contribution is 5.61. The second kappa shape index (κ2) is 10.4. The van der Waals surface area contributed by atoms with E-state index in [4.69, 9.17) is 42.6 Å². The first-order valence-corrected chi connectivity index (χ1v) is 8.88. The van der Waals surface area contributed by atoms with Crippen LogP contribution in [0.1, 0.15) is 6.42 Å². The van der Waals surface area contributed by atoms with Crippen molar-refractivity contribution in [3.63, 3.8) is 0 Å². The summed E-state index contributed by atoms with van der Waals surface area (Å²) in [5.74, 6) is 1.42. The van der Waals surface area contributed by atoms with Crippen molar-refractivity contribution in [1.82, 2.24) is 0 Å². The van der Waals surface area contributed by atoms with Gasteiger partial charge < -0.3 is 42.6 Å². The number of hydrogen-bond donors (Lipinski definition) is 6. The summed E-state index contributed by atoms with van der Waals surface area (Å²) in [7, 11) is 0. The Morgan fingerprint density at radius 2 is 1.07 bits per heavy atom. The van der Waals surface area contributed by atoms with Crippen LogP contribution in [0.15, 0.2) is 60.7 Å². The Kier molecular flexibility index (Phi) is 7.67. The van der Waals surface area contributed by atoms with Crippen molar-refractivity contribution in [3.05, 3.63) is 60.7 Å². The summed E-state index contributed by atoms with van der Waals surface area (Å²) in [5.41, 5.74) is 25.1. The summed E-state index contributed by atoms with van der Waals surface area (Å²) < 4.78 is 11.1. The zero-order valence-corrected chi connectivity index (χ0v) is 15.9. The minimum atomic E-state index is 0.0880. The van der Waals surface area contributed by atoms with E-state index in [1.165, 1.54) is 18.2 Å². The van der Waals surface area contributed by atoms with E-state index >= 15 is 0 Å². The van der Waals surface area contributed by atoms with Crippen LogP contribution in [-0.4, -0.2) is 23.4 Å². The van der Waals surface area contributed by atoms with Crippen LogP contribution in [0.3, 0.4) is 0 Å². The third-order valence-electron chi connectivity index (χ3n) is 3.70. The molecule has 0 fully saturated rings. The summed E-state index contributed by atoms with van der Waals surface area (Å²) >= 11 is 0. The van der Waals surface area contributed by atoms with Gasteiger partial charge in [-0.15, -0.1) is 0 Å². The predicted octanol–water partition coefficient (Wildman–Crippen LogP) is 2.96. The quantitative estimate of drug-likeness (QED) is 0.272. The van der Waals surface area contributed by atoms with Crippen molar-refractivity contribution in [2.24, 2.45) is 0 Å². The third kappa shape index (κ3) is 7.30. The molecular weight excluding hydrogens is 372 g/mol. The lowest BCUT2D eigenvalue weighted by molar-refractivity contribution is 0.249. The first-order chi connectivity index (χ1) is 13.8. The normalized spacial score (nSPS) is 9.93. The highest BCUT2D eigenvalue weighted by Crippen LogP contribution is 2.25. The summed E-state index contributed by atoms with van der Waals surface area (Å²) in [6, 6.07) is 16.2. The van der Waals surface area contributed by atoms with Crippen LogP contribution in [0.4, 0.5) is 22.7 Å². The second-order valence-electron chi connectivity index (χ2n) is 6.16. The summed E-state index contributed by atoms with van der Waals surface area (Å²) in [6.07, 6.45) is 0.702. The van der Waals surface area contributed by atoms with Gasteiger partial charge in [0.2, 0.25) is 0 Å². The Labute approximate surface area is 169 Å². The molecule has 0 saturated heterocycles. The topological polar surface area (TPSA) is 163 Å². The summed E-state index contributed by atoms with van der Waals surface area (Å²) in [4.78, 5) is 0. The number of rotatable bonds is 6. The Hall–Kier alpha value is -3.94. The van der Waals surface area contributed by atoms with E-state index in [1.54, 1.807) is 42.5 Å². The van der Waals surface area contributed by atoms with Gasteiger partial charge in [-0.05, 0) is 48.5 Å². The van der Waals surface area contributed by atoms with Crippen LogP contribution in [0.2, 0.25) is 0 Å². The maximum atomic E-state index is 8.65. The Morgan fingerprint density at radius 3 is 1.41 bits per heavy atom. The van der Waals surface area contributed by atoms with Crippen LogP contribution >= 0.6 is 0 Å². The second-order valence-corrected chi connectivity index (χ2v) is 6.16. The molecular formula is C21H26N4O4. The van der Waals surface area contributed by atoms with E-state index in [0.717, 1.165) is 0 Å². The number of phenols is 2. The maximum absolute atomic E-state index is 8.65. The van der Waals surface area contributed by atoms with E-state index < -0.39 is 0 Å². The standard InChI is InChI=1S/C15H20N4O2.C6H6O2/c16-10-2-4-14(12(18)8-10)20-6-1-7-21-15-5-3-11(17)9-13(15)19;7-5-2-1-3-6(8)4-5/h2-5,8-9H,1,6-7,16-19H2;1-4,7-8H. The average Bonchev–Trinajstić information content (AvgIpc) is 2.65. The zero-order chi connectivity index (χ0) is 21.2. The van der Waals surface area contributed by atoms with Gasteiger partial charge in [-0.3, -0.25) is 0 Å². The van der Waals surface area contributed by atoms with Crippen LogP contribution in [0.25, 0.3) is 0 Å². The maximum Gasteiger partial charge on any atom is 0.142 e. The summed E-state index contributed by atoms with van der Waals surface area (Å²) in [5, 5.41) is 17.3. The van der Waals surface area contributed by atoms with E-state index in [9.17, 15) is 0 Å². The smallest absolute Gasteiger partial charge is 0.142 e. The molecule has 0 unspecified atom stereocenters.